The van der Waals surface area contributed by atoms with Gasteiger partial charge in [-0.15, -0.1) is 0 Å². The molecule has 2 aliphatic carbocycles. The zero-order chi connectivity index (χ0) is 33.9. The second kappa shape index (κ2) is 11.8. The Bertz CT molecular complexity index is 2720. The number of rotatable bonds is 5. The number of anilines is 3. The lowest BCUT2D eigenvalue weighted by Crippen LogP contribution is -2.10. The van der Waals surface area contributed by atoms with Crippen LogP contribution in [0.15, 0.2) is 200 Å². The fourth-order valence-electron chi connectivity index (χ4n) is 8.06. The lowest BCUT2D eigenvalue weighted by atomic mass is 10.00. The molecule has 0 spiro atoms. The van der Waals surface area contributed by atoms with Crippen LogP contribution in [0.3, 0.4) is 0 Å². The monoisotopic (exact) mass is 650 g/mol. The zero-order valence-electron chi connectivity index (χ0n) is 28.1. The van der Waals surface area contributed by atoms with E-state index >= 15 is 0 Å². The molecule has 7 aromatic carbocycles. The highest BCUT2D eigenvalue weighted by molar-refractivity contribution is 6.09. The highest BCUT2D eigenvalue weighted by atomic mass is 15.1. The summed E-state index contributed by atoms with van der Waals surface area (Å²) in [5.41, 5.74) is 15.7. The minimum atomic E-state index is 0.880. The third kappa shape index (κ3) is 4.87. The van der Waals surface area contributed by atoms with Crippen LogP contribution in [0.2, 0.25) is 0 Å². The summed E-state index contributed by atoms with van der Waals surface area (Å²) < 4.78 is 2.38. The van der Waals surface area contributed by atoms with E-state index < -0.39 is 0 Å². The number of para-hydroxylation sites is 2. The molecule has 0 unspecified atom stereocenters. The van der Waals surface area contributed by atoms with E-state index in [0.29, 0.717) is 0 Å². The van der Waals surface area contributed by atoms with Gasteiger partial charge in [-0.3, -0.25) is 0 Å². The topological polar surface area (TPSA) is 8.17 Å². The summed E-state index contributed by atoms with van der Waals surface area (Å²) in [7, 11) is 0. The predicted octanol–water partition coefficient (Wildman–Crippen LogP) is 13.1. The van der Waals surface area contributed by atoms with Crippen LogP contribution in [0.5, 0.6) is 0 Å². The summed E-state index contributed by atoms with van der Waals surface area (Å²) in [5, 5.41) is 4.97. The van der Waals surface area contributed by atoms with Crippen molar-refractivity contribution in [2.24, 2.45) is 0 Å². The number of hydrogen-bond donors (Lipinski definition) is 0. The van der Waals surface area contributed by atoms with Gasteiger partial charge in [-0.05, 0) is 123 Å². The lowest BCUT2D eigenvalue weighted by Gasteiger charge is -2.27. The van der Waals surface area contributed by atoms with Crippen LogP contribution in [0.4, 0.5) is 17.1 Å². The molecule has 0 N–H and O–H groups in total. The number of benzene rings is 7. The summed E-state index contributed by atoms with van der Waals surface area (Å²) in [6.07, 6.45) is 9.44. The predicted molar refractivity (Wildman–Crippen MR) is 216 cm³/mol. The molecule has 1 heterocycles. The van der Waals surface area contributed by atoms with E-state index in [1.807, 2.05) is 0 Å². The van der Waals surface area contributed by atoms with Crippen LogP contribution in [0, 0.1) is 0 Å². The van der Waals surface area contributed by atoms with Gasteiger partial charge in [0.1, 0.15) is 0 Å². The minimum Gasteiger partial charge on any atom is -0.310 e. The van der Waals surface area contributed by atoms with Crippen LogP contribution < -0.4 is 4.90 Å². The van der Waals surface area contributed by atoms with Crippen molar-refractivity contribution in [3.05, 3.63) is 211 Å². The van der Waals surface area contributed by atoms with E-state index in [9.17, 15) is 0 Å². The van der Waals surface area contributed by atoms with Crippen LogP contribution in [0.1, 0.15) is 11.1 Å². The Kier molecular flexibility index (Phi) is 6.75. The van der Waals surface area contributed by atoms with Crippen LogP contribution >= 0.6 is 0 Å². The summed E-state index contributed by atoms with van der Waals surface area (Å²) in [6, 6.07) is 57.6. The van der Waals surface area contributed by atoms with Crippen molar-refractivity contribution in [2.75, 3.05) is 4.90 Å². The van der Waals surface area contributed by atoms with E-state index in [-0.39, 0.29) is 0 Å². The first kappa shape index (κ1) is 29.3. The number of allylic oxidation sites excluding steroid dienone is 7. The fourth-order valence-corrected chi connectivity index (χ4v) is 8.06. The molecule has 2 aliphatic rings. The number of fused-ring (bicyclic) bond motifs is 6. The smallest absolute Gasteiger partial charge is 0.0541 e. The van der Waals surface area contributed by atoms with Gasteiger partial charge in [0.2, 0.25) is 0 Å². The second-order valence-corrected chi connectivity index (χ2v) is 13.5. The van der Waals surface area contributed by atoms with Crippen LogP contribution in [-0.2, 0) is 6.42 Å². The van der Waals surface area contributed by atoms with Crippen molar-refractivity contribution < 1.29 is 0 Å². The molecule has 1 aromatic heterocycles. The summed E-state index contributed by atoms with van der Waals surface area (Å²) in [4.78, 5) is 2.40. The van der Waals surface area contributed by atoms with Gasteiger partial charge in [-0.2, -0.15) is 0 Å². The SMILES string of the molecule is C=C1C=CC=CC2=C1Cc1cc(N(c3ccc(-n4c5ccccc5c5ccccc54)cc3)c3ccc4ccc(-c5ccccc5)cc4c3)ccc12. The summed E-state index contributed by atoms with van der Waals surface area (Å²) in [5.74, 6) is 0. The molecule has 10 rings (SSSR count). The highest BCUT2D eigenvalue weighted by Gasteiger charge is 2.24. The standard InChI is InChI=1S/C49H34N2/c1-33-11-5-6-14-44-43-28-27-42(31-38(43)32-47(33)44)50(41-22-21-35-19-20-36(29-37(35)30-41)34-12-3-2-4-13-34)39-23-25-40(26-24-39)51-48-17-9-7-15-45(48)46-16-8-10-18-49(46)51/h2-31H,1,32H2. The van der Waals surface area contributed by atoms with Crippen molar-refractivity contribution in [1.82, 2.24) is 4.57 Å². The first-order chi connectivity index (χ1) is 25.2. The van der Waals surface area contributed by atoms with Crippen molar-refractivity contribution in [2.45, 2.75) is 6.42 Å². The molecule has 0 bridgehead atoms. The average molecular weight is 651 g/mol. The first-order valence-electron chi connectivity index (χ1n) is 17.6. The Morgan fingerprint density at radius 2 is 1.16 bits per heavy atom. The molecular weight excluding hydrogens is 617 g/mol. The molecule has 0 saturated carbocycles. The highest BCUT2D eigenvalue weighted by Crippen LogP contribution is 2.44. The maximum absolute atomic E-state index is 4.38. The van der Waals surface area contributed by atoms with Gasteiger partial charge in [0.05, 0.1) is 11.0 Å². The summed E-state index contributed by atoms with van der Waals surface area (Å²) >= 11 is 0. The Labute approximate surface area is 297 Å². The zero-order valence-corrected chi connectivity index (χ0v) is 28.1. The van der Waals surface area contributed by atoms with Crippen molar-refractivity contribution in [1.29, 1.82) is 0 Å². The normalized spacial score (nSPS) is 13.6. The van der Waals surface area contributed by atoms with Crippen LogP contribution in [0.25, 0.3) is 55.0 Å². The van der Waals surface area contributed by atoms with Gasteiger partial charge < -0.3 is 9.47 Å². The molecule has 2 nitrogen and oxygen atoms in total. The molecular formula is C49H34N2. The van der Waals surface area contributed by atoms with E-state index in [0.717, 1.165) is 34.7 Å². The first-order valence-corrected chi connectivity index (χ1v) is 17.6. The number of hydrogen-bond acceptors (Lipinski definition) is 1. The van der Waals surface area contributed by atoms with Gasteiger partial charge in [0.15, 0.2) is 0 Å². The number of aromatic nitrogens is 1. The van der Waals surface area contributed by atoms with Crippen LogP contribution in [-0.4, -0.2) is 4.57 Å². The van der Waals surface area contributed by atoms with E-state index in [4.69, 9.17) is 0 Å². The third-order valence-electron chi connectivity index (χ3n) is 10.5. The summed E-state index contributed by atoms with van der Waals surface area (Å²) in [6.45, 7) is 4.38. The average Bonchev–Trinajstić information content (AvgIpc) is 3.66. The Morgan fingerprint density at radius 1 is 0.510 bits per heavy atom. The van der Waals surface area contributed by atoms with E-state index in [2.05, 4.69) is 198 Å². The fraction of sp³-hybridized carbons (Fsp3) is 0.0204. The maximum atomic E-state index is 4.38. The minimum absolute atomic E-state index is 0.880. The number of nitrogens with zero attached hydrogens (tertiary/aromatic N) is 2. The molecule has 51 heavy (non-hydrogen) atoms. The molecule has 0 fully saturated rings. The molecule has 0 atom stereocenters. The van der Waals surface area contributed by atoms with E-state index in [1.54, 1.807) is 0 Å². The Balaban J connectivity index is 1.11. The molecule has 8 aromatic rings. The maximum Gasteiger partial charge on any atom is 0.0541 e. The van der Waals surface area contributed by atoms with Gasteiger partial charge in [-0.25, -0.2) is 0 Å². The molecule has 2 heteroatoms. The van der Waals surface area contributed by atoms with Crippen molar-refractivity contribution in [3.63, 3.8) is 0 Å². The van der Waals surface area contributed by atoms with Gasteiger partial charge in [-0.1, -0.05) is 122 Å². The third-order valence-corrected chi connectivity index (χ3v) is 10.5. The van der Waals surface area contributed by atoms with E-state index in [1.165, 1.54) is 66.0 Å². The molecule has 0 saturated heterocycles. The van der Waals surface area contributed by atoms with Crippen molar-refractivity contribution >= 4 is 55.2 Å². The van der Waals surface area contributed by atoms with Crippen molar-refractivity contribution in [3.8, 4) is 16.8 Å². The van der Waals surface area contributed by atoms with Gasteiger partial charge in [0.25, 0.3) is 0 Å². The second-order valence-electron chi connectivity index (χ2n) is 13.5. The Hall–Kier alpha value is -6.64. The quantitative estimate of drug-likeness (QED) is 0.180. The lowest BCUT2D eigenvalue weighted by molar-refractivity contribution is 1.17. The molecule has 240 valence electrons. The Morgan fingerprint density at radius 3 is 1.94 bits per heavy atom. The largest absolute Gasteiger partial charge is 0.310 e. The molecule has 0 amide bonds. The van der Waals surface area contributed by atoms with Gasteiger partial charge >= 0.3 is 0 Å². The molecule has 0 aliphatic heterocycles. The van der Waals surface area contributed by atoms with Gasteiger partial charge in [0, 0.05) is 33.5 Å². The molecule has 0 radical (unpaired) electrons.